The molecule has 2 heterocycles. The standard InChI is InChI=1S/C15H26N4O/c1-5-19-8-6-7-13(19)10-16-15(20)9-14-11(2)17-18(4)12(14)3/h13H,5-10H2,1-4H3,(H,16,20)/t13-/m1/s1. The van der Waals surface area contributed by atoms with E-state index >= 15 is 0 Å². The molecule has 20 heavy (non-hydrogen) atoms. The molecule has 1 amide bonds. The minimum atomic E-state index is 0.104. The van der Waals surface area contributed by atoms with Gasteiger partial charge in [-0.05, 0) is 39.8 Å². The van der Waals surface area contributed by atoms with Crippen molar-refractivity contribution in [1.82, 2.24) is 20.0 Å². The molecule has 2 rings (SSSR count). The molecular formula is C15H26N4O. The Bertz CT molecular complexity index is 480. The number of carbonyl (C=O) groups excluding carboxylic acids is 1. The van der Waals surface area contributed by atoms with Gasteiger partial charge < -0.3 is 5.32 Å². The van der Waals surface area contributed by atoms with E-state index in [1.165, 1.54) is 12.8 Å². The smallest absolute Gasteiger partial charge is 0.224 e. The van der Waals surface area contributed by atoms with Gasteiger partial charge in [-0.3, -0.25) is 14.4 Å². The third-order valence-corrected chi connectivity index (χ3v) is 4.44. The molecular weight excluding hydrogens is 252 g/mol. The molecule has 0 bridgehead atoms. The van der Waals surface area contributed by atoms with E-state index in [0.29, 0.717) is 12.5 Å². The maximum atomic E-state index is 12.1. The average molecular weight is 278 g/mol. The van der Waals surface area contributed by atoms with Crippen LogP contribution in [0, 0.1) is 13.8 Å². The lowest BCUT2D eigenvalue weighted by atomic mass is 10.1. The SMILES string of the molecule is CCN1CCC[C@@H]1CNC(=O)Cc1c(C)nn(C)c1C. The maximum Gasteiger partial charge on any atom is 0.224 e. The number of nitrogens with one attached hydrogen (secondary N) is 1. The van der Waals surface area contributed by atoms with Crippen LogP contribution < -0.4 is 5.32 Å². The Hall–Kier alpha value is -1.36. The van der Waals surface area contributed by atoms with Crippen LogP contribution in [0.2, 0.25) is 0 Å². The molecule has 1 aliphatic heterocycles. The zero-order valence-corrected chi connectivity index (χ0v) is 13.1. The second-order valence-electron chi connectivity index (χ2n) is 5.68. The van der Waals surface area contributed by atoms with Crippen molar-refractivity contribution in [2.24, 2.45) is 7.05 Å². The van der Waals surface area contributed by atoms with Crippen molar-refractivity contribution in [3.8, 4) is 0 Å². The molecule has 0 aromatic carbocycles. The molecule has 0 aliphatic carbocycles. The summed E-state index contributed by atoms with van der Waals surface area (Å²) in [5, 5.41) is 7.44. The molecule has 1 aromatic rings. The van der Waals surface area contributed by atoms with Crippen molar-refractivity contribution in [3.63, 3.8) is 0 Å². The van der Waals surface area contributed by atoms with Gasteiger partial charge in [-0.15, -0.1) is 0 Å². The Morgan fingerprint density at radius 2 is 2.20 bits per heavy atom. The Kier molecular flexibility index (Phi) is 4.81. The molecule has 0 saturated carbocycles. The van der Waals surface area contributed by atoms with Crippen molar-refractivity contribution in [3.05, 3.63) is 17.0 Å². The molecule has 0 unspecified atom stereocenters. The second kappa shape index (κ2) is 6.39. The molecule has 0 radical (unpaired) electrons. The highest BCUT2D eigenvalue weighted by atomic mass is 16.1. The number of likely N-dealkylation sites (N-methyl/N-ethyl adjacent to an activating group) is 1. The van der Waals surface area contributed by atoms with Gasteiger partial charge in [-0.1, -0.05) is 6.92 Å². The Morgan fingerprint density at radius 1 is 1.45 bits per heavy atom. The first-order chi connectivity index (χ1) is 9.52. The van der Waals surface area contributed by atoms with Gasteiger partial charge in [0.2, 0.25) is 5.91 Å². The summed E-state index contributed by atoms with van der Waals surface area (Å²) in [6, 6.07) is 0.514. The largest absolute Gasteiger partial charge is 0.354 e. The average Bonchev–Trinajstić information content (AvgIpc) is 2.96. The molecule has 5 heteroatoms. The van der Waals surface area contributed by atoms with Crippen LogP contribution in [-0.4, -0.2) is 46.3 Å². The van der Waals surface area contributed by atoms with Crippen molar-refractivity contribution in [2.75, 3.05) is 19.6 Å². The van der Waals surface area contributed by atoms with E-state index in [-0.39, 0.29) is 5.91 Å². The Balaban J connectivity index is 1.86. The predicted octanol–water partition coefficient (Wildman–Crippen LogP) is 1.18. The molecule has 0 spiro atoms. The van der Waals surface area contributed by atoms with E-state index in [9.17, 15) is 4.79 Å². The summed E-state index contributed by atoms with van der Waals surface area (Å²) in [5.41, 5.74) is 3.09. The fraction of sp³-hybridized carbons (Fsp3) is 0.733. The molecule has 1 saturated heterocycles. The van der Waals surface area contributed by atoms with E-state index in [1.807, 2.05) is 25.6 Å². The lowest BCUT2D eigenvalue weighted by Crippen LogP contribution is -2.40. The minimum absolute atomic E-state index is 0.104. The molecule has 5 nitrogen and oxygen atoms in total. The molecule has 1 atom stereocenters. The monoisotopic (exact) mass is 278 g/mol. The number of hydrogen-bond acceptors (Lipinski definition) is 3. The molecule has 1 N–H and O–H groups in total. The lowest BCUT2D eigenvalue weighted by molar-refractivity contribution is -0.120. The summed E-state index contributed by atoms with van der Waals surface area (Å²) in [6.45, 7) is 9.16. The number of nitrogens with zero attached hydrogens (tertiary/aromatic N) is 3. The van der Waals surface area contributed by atoms with E-state index in [4.69, 9.17) is 0 Å². The number of amides is 1. The summed E-state index contributed by atoms with van der Waals surface area (Å²) in [6.07, 6.45) is 2.87. The van der Waals surface area contributed by atoms with Crippen LogP contribution in [0.3, 0.4) is 0 Å². The summed E-state index contributed by atoms with van der Waals surface area (Å²) >= 11 is 0. The van der Waals surface area contributed by atoms with Gasteiger partial charge in [0.05, 0.1) is 12.1 Å². The topological polar surface area (TPSA) is 50.2 Å². The fourth-order valence-electron chi connectivity index (χ4n) is 3.07. The van der Waals surface area contributed by atoms with Gasteiger partial charge in [0, 0.05) is 30.9 Å². The van der Waals surface area contributed by atoms with Crippen molar-refractivity contribution in [1.29, 1.82) is 0 Å². The quantitative estimate of drug-likeness (QED) is 0.880. The van der Waals surface area contributed by atoms with E-state index in [0.717, 1.165) is 36.6 Å². The highest BCUT2D eigenvalue weighted by Gasteiger charge is 2.23. The summed E-state index contributed by atoms with van der Waals surface area (Å²) in [5.74, 6) is 0.104. The summed E-state index contributed by atoms with van der Waals surface area (Å²) in [7, 11) is 1.92. The van der Waals surface area contributed by atoms with Gasteiger partial charge in [-0.25, -0.2) is 0 Å². The van der Waals surface area contributed by atoms with Gasteiger partial charge in [0.25, 0.3) is 0 Å². The molecule has 1 fully saturated rings. The van der Waals surface area contributed by atoms with Gasteiger partial charge in [0.15, 0.2) is 0 Å². The number of hydrogen-bond donors (Lipinski definition) is 1. The fourth-order valence-corrected chi connectivity index (χ4v) is 3.07. The normalized spacial score (nSPS) is 19.5. The molecule has 1 aliphatic rings. The van der Waals surface area contributed by atoms with E-state index < -0.39 is 0 Å². The second-order valence-corrected chi connectivity index (χ2v) is 5.68. The number of likely N-dealkylation sites (tertiary alicyclic amines) is 1. The maximum absolute atomic E-state index is 12.1. The summed E-state index contributed by atoms with van der Waals surface area (Å²) < 4.78 is 1.84. The van der Waals surface area contributed by atoms with Crippen molar-refractivity contribution in [2.45, 2.75) is 46.1 Å². The highest BCUT2D eigenvalue weighted by Crippen LogP contribution is 2.16. The van der Waals surface area contributed by atoms with Crippen LogP contribution in [0.4, 0.5) is 0 Å². The lowest BCUT2D eigenvalue weighted by Gasteiger charge is -2.22. The van der Waals surface area contributed by atoms with Crippen molar-refractivity contribution >= 4 is 5.91 Å². The third kappa shape index (κ3) is 3.20. The zero-order valence-electron chi connectivity index (χ0n) is 13.1. The van der Waals surface area contributed by atoms with Crippen LogP contribution in [0.15, 0.2) is 0 Å². The van der Waals surface area contributed by atoms with Gasteiger partial charge in [-0.2, -0.15) is 5.10 Å². The molecule has 112 valence electrons. The molecule has 1 aromatic heterocycles. The predicted molar refractivity (Wildman–Crippen MR) is 79.7 cm³/mol. The van der Waals surface area contributed by atoms with Crippen LogP contribution in [-0.2, 0) is 18.3 Å². The number of aromatic nitrogens is 2. The van der Waals surface area contributed by atoms with Gasteiger partial charge >= 0.3 is 0 Å². The van der Waals surface area contributed by atoms with Crippen LogP contribution in [0.1, 0.15) is 36.7 Å². The minimum Gasteiger partial charge on any atom is -0.354 e. The van der Waals surface area contributed by atoms with Gasteiger partial charge in [0.1, 0.15) is 0 Å². The Labute approximate surface area is 121 Å². The van der Waals surface area contributed by atoms with Crippen LogP contribution in [0.5, 0.6) is 0 Å². The first kappa shape index (κ1) is 15.0. The van der Waals surface area contributed by atoms with Crippen LogP contribution >= 0.6 is 0 Å². The number of rotatable bonds is 5. The van der Waals surface area contributed by atoms with Crippen LogP contribution in [0.25, 0.3) is 0 Å². The first-order valence-corrected chi connectivity index (χ1v) is 7.52. The first-order valence-electron chi connectivity index (χ1n) is 7.52. The number of aryl methyl sites for hydroxylation is 2. The highest BCUT2D eigenvalue weighted by molar-refractivity contribution is 5.79. The Morgan fingerprint density at radius 3 is 2.80 bits per heavy atom. The number of carbonyl (C=O) groups is 1. The van der Waals surface area contributed by atoms with E-state index in [2.05, 4.69) is 22.2 Å². The van der Waals surface area contributed by atoms with E-state index in [1.54, 1.807) is 0 Å². The third-order valence-electron chi connectivity index (χ3n) is 4.44. The van der Waals surface area contributed by atoms with Crippen molar-refractivity contribution < 1.29 is 4.79 Å². The summed E-state index contributed by atoms with van der Waals surface area (Å²) in [4.78, 5) is 14.6. The zero-order chi connectivity index (χ0) is 14.7.